The summed E-state index contributed by atoms with van der Waals surface area (Å²) in [5.74, 6) is 1.38. The summed E-state index contributed by atoms with van der Waals surface area (Å²) < 4.78 is 16.0. The lowest BCUT2D eigenvalue weighted by Crippen LogP contribution is -2.07. The Hall–Kier alpha value is -1.71. The average Bonchev–Trinajstić information content (AvgIpc) is 2.29. The molecule has 0 aromatic heterocycles. The van der Waals surface area contributed by atoms with E-state index in [2.05, 4.69) is 6.92 Å². The van der Waals surface area contributed by atoms with Gasteiger partial charge in [-0.3, -0.25) is 4.79 Å². The molecule has 1 radical (unpaired) electrons. The molecule has 0 N–H and O–H groups in total. The Balaban J connectivity index is 2.84. The zero-order chi connectivity index (χ0) is 13.4. The van der Waals surface area contributed by atoms with Crippen LogP contribution < -0.4 is 14.2 Å². The van der Waals surface area contributed by atoms with E-state index < -0.39 is 0 Å². The van der Waals surface area contributed by atoms with Gasteiger partial charge in [-0.05, 0) is 20.3 Å². The first-order valence-electron chi connectivity index (χ1n) is 6.10. The molecular weight excluding hydrogens is 232 g/mol. The summed E-state index contributed by atoms with van der Waals surface area (Å²) in [6, 6.07) is 5.12. The molecule has 1 rings (SSSR count). The fraction of sp³-hybridized carbons (Fsp3) is 0.429. The number of hydrogen-bond acceptors (Lipinski definition) is 4. The van der Waals surface area contributed by atoms with Gasteiger partial charge >= 0.3 is 5.97 Å². The van der Waals surface area contributed by atoms with E-state index in [1.807, 2.05) is 13.8 Å². The van der Waals surface area contributed by atoms with Gasteiger partial charge in [0.15, 0.2) is 0 Å². The molecule has 0 aliphatic heterocycles. The van der Waals surface area contributed by atoms with Gasteiger partial charge in [0.1, 0.15) is 17.2 Å². The largest absolute Gasteiger partial charge is 0.494 e. The smallest absolute Gasteiger partial charge is 0.311 e. The van der Waals surface area contributed by atoms with Gasteiger partial charge in [-0.2, -0.15) is 0 Å². The molecular formula is C14H19O4. The van der Waals surface area contributed by atoms with Crippen LogP contribution in [0.3, 0.4) is 0 Å². The SMILES string of the molecule is [CH2]CCC(=O)Oc1cc(OCC)cc(OCC)c1. The first-order chi connectivity index (χ1) is 8.69. The molecule has 0 aliphatic rings. The first kappa shape index (κ1) is 14.4. The molecule has 0 saturated heterocycles. The second kappa shape index (κ2) is 7.58. The normalized spacial score (nSPS) is 9.94. The maximum atomic E-state index is 11.4. The van der Waals surface area contributed by atoms with Gasteiger partial charge in [-0.25, -0.2) is 0 Å². The highest BCUT2D eigenvalue weighted by molar-refractivity contribution is 5.72. The maximum Gasteiger partial charge on any atom is 0.311 e. The predicted octanol–water partition coefficient (Wildman–Crippen LogP) is 3.00. The summed E-state index contributed by atoms with van der Waals surface area (Å²) in [5, 5.41) is 0. The topological polar surface area (TPSA) is 44.8 Å². The molecule has 0 spiro atoms. The molecule has 1 aromatic rings. The lowest BCUT2D eigenvalue weighted by atomic mass is 10.3. The number of rotatable bonds is 7. The van der Waals surface area contributed by atoms with Crippen LogP contribution in [0.2, 0.25) is 0 Å². The summed E-state index contributed by atoms with van der Waals surface area (Å²) >= 11 is 0. The highest BCUT2D eigenvalue weighted by Gasteiger charge is 2.08. The minimum Gasteiger partial charge on any atom is -0.494 e. The molecule has 0 amide bonds. The summed E-state index contributed by atoms with van der Waals surface area (Å²) in [6.45, 7) is 8.48. The second-order valence-corrected chi connectivity index (χ2v) is 3.58. The molecule has 99 valence electrons. The Labute approximate surface area is 108 Å². The number of esters is 1. The number of benzene rings is 1. The molecule has 0 heterocycles. The van der Waals surface area contributed by atoms with E-state index in [4.69, 9.17) is 14.2 Å². The summed E-state index contributed by atoms with van der Waals surface area (Å²) in [5.41, 5.74) is 0. The molecule has 0 aliphatic carbocycles. The van der Waals surface area contributed by atoms with Gasteiger partial charge in [-0.1, -0.05) is 6.92 Å². The molecule has 18 heavy (non-hydrogen) atoms. The van der Waals surface area contributed by atoms with Crippen molar-refractivity contribution in [3.63, 3.8) is 0 Å². The zero-order valence-corrected chi connectivity index (χ0v) is 10.9. The molecule has 0 bridgehead atoms. The van der Waals surface area contributed by atoms with Crippen molar-refractivity contribution in [2.45, 2.75) is 26.7 Å². The maximum absolute atomic E-state index is 11.4. The number of carbonyl (C=O) groups is 1. The van der Waals surface area contributed by atoms with Gasteiger partial charge in [0, 0.05) is 24.6 Å². The van der Waals surface area contributed by atoms with Crippen LogP contribution in [-0.4, -0.2) is 19.2 Å². The Bertz CT molecular complexity index is 363. The van der Waals surface area contributed by atoms with E-state index in [1.54, 1.807) is 18.2 Å². The van der Waals surface area contributed by atoms with E-state index in [9.17, 15) is 4.79 Å². The number of carbonyl (C=O) groups excluding carboxylic acids is 1. The van der Waals surface area contributed by atoms with E-state index in [0.29, 0.717) is 43.3 Å². The molecule has 0 fully saturated rings. The van der Waals surface area contributed by atoms with Crippen LogP contribution in [-0.2, 0) is 4.79 Å². The van der Waals surface area contributed by atoms with E-state index in [-0.39, 0.29) is 5.97 Å². The van der Waals surface area contributed by atoms with Crippen LogP contribution in [0.4, 0.5) is 0 Å². The van der Waals surface area contributed by atoms with Crippen molar-refractivity contribution >= 4 is 5.97 Å². The highest BCUT2D eigenvalue weighted by Crippen LogP contribution is 2.28. The first-order valence-corrected chi connectivity index (χ1v) is 6.10. The Morgan fingerprint density at radius 1 is 1.06 bits per heavy atom. The number of ether oxygens (including phenoxy) is 3. The quantitative estimate of drug-likeness (QED) is 0.552. The van der Waals surface area contributed by atoms with Crippen LogP contribution in [0.25, 0.3) is 0 Å². The van der Waals surface area contributed by atoms with Crippen molar-refractivity contribution in [1.82, 2.24) is 0 Å². The van der Waals surface area contributed by atoms with Crippen molar-refractivity contribution in [3.8, 4) is 17.2 Å². The van der Waals surface area contributed by atoms with Crippen LogP contribution in [0.5, 0.6) is 17.2 Å². The monoisotopic (exact) mass is 251 g/mol. The lowest BCUT2D eigenvalue weighted by molar-refractivity contribution is -0.134. The second-order valence-electron chi connectivity index (χ2n) is 3.58. The van der Waals surface area contributed by atoms with Crippen molar-refractivity contribution in [1.29, 1.82) is 0 Å². The third-order valence-corrected chi connectivity index (χ3v) is 2.09. The van der Waals surface area contributed by atoms with Crippen LogP contribution in [0.1, 0.15) is 26.7 Å². The van der Waals surface area contributed by atoms with Gasteiger partial charge in [-0.15, -0.1) is 0 Å². The van der Waals surface area contributed by atoms with Crippen molar-refractivity contribution in [3.05, 3.63) is 25.1 Å². The minimum absolute atomic E-state index is 0.294. The van der Waals surface area contributed by atoms with Crippen LogP contribution in [0.15, 0.2) is 18.2 Å². The molecule has 1 aromatic carbocycles. The van der Waals surface area contributed by atoms with Crippen molar-refractivity contribution in [2.24, 2.45) is 0 Å². The van der Waals surface area contributed by atoms with E-state index in [0.717, 1.165) is 0 Å². The molecule has 4 heteroatoms. The molecule has 0 saturated carbocycles. The Morgan fingerprint density at radius 2 is 1.56 bits per heavy atom. The van der Waals surface area contributed by atoms with Gasteiger partial charge in [0.05, 0.1) is 13.2 Å². The van der Waals surface area contributed by atoms with Crippen LogP contribution >= 0.6 is 0 Å². The van der Waals surface area contributed by atoms with Crippen molar-refractivity contribution in [2.75, 3.05) is 13.2 Å². The zero-order valence-electron chi connectivity index (χ0n) is 10.9. The molecule has 0 unspecified atom stereocenters. The molecule has 0 atom stereocenters. The van der Waals surface area contributed by atoms with Gasteiger partial charge in [0.25, 0.3) is 0 Å². The van der Waals surface area contributed by atoms with Gasteiger partial charge in [0.2, 0.25) is 0 Å². The average molecular weight is 251 g/mol. The fourth-order valence-corrected chi connectivity index (χ4v) is 1.43. The van der Waals surface area contributed by atoms with Crippen LogP contribution in [0, 0.1) is 6.92 Å². The number of hydrogen-bond donors (Lipinski definition) is 0. The summed E-state index contributed by atoms with van der Waals surface area (Å²) in [6.07, 6.45) is 0.811. The summed E-state index contributed by atoms with van der Waals surface area (Å²) in [7, 11) is 0. The van der Waals surface area contributed by atoms with Crippen molar-refractivity contribution < 1.29 is 19.0 Å². The highest BCUT2D eigenvalue weighted by atomic mass is 16.5. The third-order valence-electron chi connectivity index (χ3n) is 2.09. The predicted molar refractivity (Wildman–Crippen MR) is 69.0 cm³/mol. The summed E-state index contributed by atoms with van der Waals surface area (Å²) in [4.78, 5) is 11.4. The van der Waals surface area contributed by atoms with Gasteiger partial charge < -0.3 is 14.2 Å². The Morgan fingerprint density at radius 3 is 2.00 bits per heavy atom. The van der Waals surface area contributed by atoms with E-state index in [1.165, 1.54) is 0 Å². The lowest BCUT2D eigenvalue weighted by Gasteiger charge is -2.10. The minimum atomic E-state index is -0.305. The van der Waals surface area contributed by atoms with E-state index >= 15 is 0 Å². The fourth-order valence-electron chi connectivity index (χ4n) is 1.43. The Kier molecular flexibility index (Phi) is 6.05. The molecule has 4 nitrogen and oxygen atoms in total. The third kappa shape index (κ3) is 4.65. The standard InChI is InChI=1S/C14H19O4/c1-4-7-14(15)18-13-9-11(16-5-2)8-12(10-13)17-6-3/h8-10H,1,4-7H2,2-3H3.